The number of rotatable bonds is 4. The van der Waals surface area contributed by atoms with Gasteiger partial charge in [0, 0.05) is 42.4 Å². The van der Waals surface area contributed by atoms with Gasteiger partial charge in [0.25, 0.3) is 0 Å². The summed E-state index contributed by atoms with van der Waals surface area (Å²) in [5.41, 5.74) is 1.37. The zero-order chi connectivity index (χ0) is 16.7. The summed E-state index contributed by atoms with van der Waals surface area (Å²) in [5.74, 6) is -0.603. The van der Waals surface area contributed by atoms with E-state index in [9.17, 15) is 13.6 Å². The van der Waals surface area contributed by atoms with Crippen molar-refractivity contribution in [3.05, 3.63) is 46.0 Å². The molecule has 0 atom stereocenters. The predicted molar refractivity (Wildman–Crippen MR) is 87.6 cm³/mol. The maximum atomic E-state index is 13.8. The lowest BCUT2D eigenvalue weighted by molar-refractivity contribution is -0.117. The molecule has 24 heavy (non-hydrogen) atoms. The number of anilines is 1. The van der Waals surface area contributed by atoms with Gasteiger partial charge in [-0.1, -0.05) is 0 Å². The van der Waals surface area contributed by atoms with Crippen molar-refractivity contribution < 1.29 is 13.6 Å². The van der Waals surface area contributed by atoms with Crippen LogP contribution in [-0.2, 0) is 24.3 Å². The number of hydrogen-bond donors (Lipinski definition) is 1. The van der Waals surface area contributed by atoms with Crippen LogP contribution in [0.1, 0.15) is 29.0 Å². The largest absolute Gasteiger partial charge is 0.302 e. The van der Waals surface area contributed by atoms with Gasteiger partial charge < -0.3 is 5.32 Å². The fourth-order valence-corrected chi connectivity index (χ4v) is 3.95. The summed E-state index contributed by atoms with van der Waals surface area (Å²) in [6.45, 7) is 1.75. The Morgan fingerprint density at radius 2 is 2.21 bits per heavy atom. The number of nitrogens with one attached hydrogen (secondary N) is 1. The molecule has 0 radical (unpaired) electrons. The number of thiazole rings is 1. The zero-order valence-electron chi connectivity index (χ0n) is 13.0. The molecular formula is C17H17F2N3OS. The first kappa shape index (κ1) is 15.7. The smallest absolute Gasteiger partial charge is 0.229 e. The number of amides is 1. The van der Waals surface area contributed by atoms with Crippen molar-refractivity contribution in [2.45, 2.75) is 32.4 Å². The highest BCUT2D eigenvalue weighted by molar-refractivity contribution is 7.15. The lowest BCUT2D eigenvalue weighted by atomic mass is 10.1. The van der Waals surface area contributed by atoms with Gasteiger partial charge in [0.15, 0.2) is 5.13 Å². The average molecular weight is 349 g/mol. The Bertz CT molecular complexity index is 788. The molecule has 1 N–H and O–H groups in total. The Balaban J connectivity index is 1.44. The molecule has 2 aromatic rings. The van der Waals surface area contributed by atoms with Crippen molar-refractivity contribution in [2.75, 3.05) is 11.9 Å². The fourth-order valence-electron chi connectivity index (χ4n) is 2.90. The number of benzene rings is 1. The third-order valence-electron chi connectivity index (χ3n) is 4.39. The third kappa shape index (κ3) is 3.32. The molecule has 1 aliphatic carbocycles. The first-order valence-electron chi connectivity index (χ1n) is 8.04. The number of hydrogen-bond acceptors (Lipinski definition) is 4. The first-order chi connectivity index (χ1) is 11.6. The summed E-state index contributed by atoms with van der Waals surface area (Å²) < 4.78 is 27.1. The van der Waals surface area contributed by atoms with Crippen LogP contribution in [0.4, 0.5) is 13.9 Å². The van der Waals surface area contributed by atoms with Crippen molar-refractivity contribution >= 4 is 22.4 Å². The van der Waals surface area contributed by atoms with E-state index in [1.54, 1.807) is 0 Å². The van der Waals surface area contributed by atoms with Gasteiger partial charge in [-0.05, 0) is 31.0 Å². The highest BCUT2D eigenvalue weighted by Crippen LogP contribution is 2.33. The van der Waals surface area contributed by atoms with Crippen LogP contribution in [0.2, 0.25) is 0 Å². The second-order valence-electron chi connectivity index (χ2n) is 6.35. The van der Waals surface area contributed by atoms with Gasteiger partial charge in [0.2, 0.25) is 5.91 Å². The lowest BCUT2D eigenvalue weighted by Crippen LogP contribution is -2.29. The van der Waals surface area contributed by atoms with E-state index >= 15 is 0 Å². The topological polar surface area (TPSA) is 45.2 Å². The molecular weight excluding hydrogens is 332 g/mol. The van der Waals surface area contributed by atoms with Crippen molar-refractivity contribution in [1.82, 2.24) is 9.88 Å². The van der Waals surface area contributed by atoms with E-state index in [0.717, 1.165) is 48.5 Å². The number of fused-ring (bicyclic) bond motifs is 1. The summed E-state index contributed by atoms with van der Waals surface area (Å²) in [6.07, 6.45) is 2.68. The summed E-state index contributed by atoms with van der Waals surface area (Å²) in [4.78, 5) is 19.5. The van der Waals surface area contributed by atoms with E-state index in [-0.39, 0.29) is 17.6 Å². The maximum Gasteiger partial charge on any atom is 0.229 e. The van der Waals surface area contributed by atoms with Crippen LogP contribution in [0.3, 0.4) is 0 Å². The molecule has 0 spiro atoms. The van der Waals surface area contributed by atoms with Crippen molar-refractivity contribution in [3.8, 4) is 0 Å². The highest BCUT2D eigenvalue weighted by Gasteiger charge is 2.30. The van der Waals surface area contributed by atoms with Crippen molar-refractivity contribution in [2.24, 2.45) is 5.92 Å². The Hall–Kier alpha value is -1.86. The maximum absolute atomic E-state index is 13.8. The van der Waals surface area contributed by atoms with Gasteiger partial charge in [-0.25, -0.2) is 13.8 Å². The SMILES string of the molecule is O=C(Nc1nc2c(s1)CN(Cc1cc(F)ccc1F)CC2)C1CC1. The molecule has 1 saturated carbocycles. The normalized spacial score (nSPS) is 17.6. The minimum absolute atomic E-state index is 0.0554. The zero-order valence-corrected chi connectivity index (χ0v) is 13.8. The Labute approximate surface area is 142 Å². The monoisotopic (exact) mass is 349 g/mol. The van der Waals surface area contributed by atoms with E-state index in [1.807, 2.05) is 0 Å². The Morgan fingerprint density at radius 1 is 1.38 bits per heavy atom. The molecule has 4 nitrogen and oxygen atoms in total. The van der Waals surface area contributed by atoms with Gasteiger partial charge in [0.05, 0.1) is 5.69 Å². The molecule has 4 rings (SSSR count). The van der Waals surface area contributed by atoms with Crippen LogP contribution in [0.15, 0.2) is 18.2 Å². The molecule has 1 fully saturated rings. The van der Waals surface area contributed by atoms with Crippen LogP contribution >= 0.6 is 11.3 Å². The molecule has 2 heterocycles. The van der Waals surface area contributed by atoms with Gasteiger partial charge in [-0.15, -0.1) is 11.3 Å². The van der Waals surface area contributed by atoms with E-state index in [1.165, 1.54) is 17.4 Å². The average Bonchev–Trinajstić information content (AvgIpc) is 3.32. The number of halogens is 2. The fraction of sp³-hybridized carbons (Fsp3) is 0.412. The summed E-state index contributed by atoms with van der Waals surface area (Å²) in [5, 5.41) is 3.53. The third-order valence-corrected chi connectivity index (χ3v) is 5.39. The van der Waals surface area contributed by atoms with Crippen molar-refractivity contribution in [3.63, 3.8) is 0 Å². The molecule has 0 saturated heterocycles. The number of carbonyl (C=O) groups excluding carboxylic acids is 1. The van der Waals surface area contributed by atoms with Crippen LogP contribution in [0.25, 0.3) is 0 Å². The molecule has 2 aliphatic rings. The van der Waals surface area contributed by atoms with Gasteiger partial charge in [0.1, 0.15) is 11.6 Å². The van der Waals surface area contributed by atoms with Crippen LogP contribution < -0.4 is 5.32 Å². The standard InChI is InChI=1S/C17H17F2N3OS/c18-12-3-4-13(19)11(7-12)8-22-6-5-14-15(9-22)24-17(20-14)21-16(23)10-1-2-10/h3-4,7,10H,1-2,5-6,8-9H2,(H,20,21,23). The second-order valence-corrected chi connectivity index (χ2v) is 7.43. The van der Waals surface area contributed by atoms with E-state index in [2.05, 4.69) is 15.2 Å². The molecule has 1 amide bonds. The quantitative estimate of drug-likeness (QED) is 0.921. The molecule has 1 aromatic carbocycles. The number of nitrogens with zero attached hydrogens (tertiary/aromatic N) is 2. The molecule has 7 heteroatoms. The Kier molecular flexibility index (Phi) is 4.05. The van der Waals surface area contributed by atoms with Crippen LogP contribution in [0, 0.1) is 17.6 Å². The summed E-state index contributed by atoms with van der Waals surface area (Å²) in [7, 11) is 0. The minimum Gasteiger partial charge on any atom is -0.302 e. The molecule has 1 aliphatic heterocycles. The lowest BCUT2D eigenvalue weighted by Gasteiger charge is -2.25. The van der Waals surface area contributed by atoms with E-state index in [0.29, 0.717) is 23.8 Å². The van der Waals surface area contributed by atoms with E-state index in [4.69, 9.17) is 0 Å². The van der Waals surface area contributed by atoms with Gasteiger partial charge in [-0.3, -0.25) is 9.69 Å². The summed E-state index contributed by atoms with van der Waals surface area (Å²) in [6, 6.07) is 3.54. The van der Waals surface area contributed by atoms with Crippen molar-refractivity contribution in [1.29, 1.82) is 0 Å². The van der Waals surface area contributed by atoms with Gasteiger partial charge in [-0.2, -0.15) is 0 Å². The second kappa shape index (κ2) is 6.22. The van der Waals surface area contributed by atoms with E-state index < -0.39 is 5.82 Å². The molecule has 126 valence electrons. The summed E-state index contributed by atoms with van der Waals surface area (Å²) >= 11 is 1.48. The van der Waals surface area contributed by atoms with Crippen LogP contribution in [0.5, 0.6) is 0 Å². The minimum atomic E-state index is -0.424. The first-order valence-corrected chi connectivity index (χ1v) is 8.86. The Morgan fingerprint density at radius 3 is 3.00 bits per heavy atom. The number of carbonyl (C=O) groups is 1. The number of aromatic nitrogens is 1. The molecule has 1 aromatic heterocycles. The van der Waals surface area contributed by atoms with Crippen LogP contribution in [-0.4, -0.2) is 22.3 Å². The van der Waals surface area contributed by atoms with Gasteiger partial charge >= 0.3 is 0 Å². The molecule has 0 unspecified atom stereocenters. The predicted octanol–water partition coefficient (Wildman–Crippen LogP) is 3.33. The highest BCUT2D eigenvalue weighted by atomic mass is 32.1. The molecule has 0 bridgehead atoms.